The van der Waals surface area contributed by atoms with E-state index in [4.69, 9.17) is 9.47 Å². The Bertz CT molecular complexity index is 1990. The quantitative estimate of drug-likeness (QED) is 0.0782. The summed E-state index contributed by atoms with van der Waals surface area (Å²) in [5, 5.41) is 3.19. The Morgan fingerprint density at radius 1 is 0.942 bits per heavy atom. The summed E-state index contributed by atoms with van der Waals surface area (Å²) in [7, 11) is 0. The number of nitrogens with one attached hydrogen (secondary N) is 1. The maximum Gasteiger partial charge on any atom is 0.285 e. The number of allylic oxidation sites excluding steroid dienone is 4. The van der Waals surface area contributed by atoms with Gasteiger partial charge in [0.25, 0.3) is 11.8 Å². The summed E-state index contributed by atoms with van der Waals surface area (Å²) in [6.07, 6.45) is 8.17. The molecule has 1 N–H and O–H groups in total. The molecule has 4 aromatic rings. The van der Waals surface area contributed by atoms with Gasteiger partial charge in [0.1, 0.15) is 12.2 Å². The third kappa shape index (κ3) is 9.65. The first-order valence-electron chi connectivity index (χ1n) is 16.6. The van der Waals surface area contributed by atoms with Crippen LogP contribution in [-0.4, -0.2) is 40.1 Å². The zero-order valence-corrected chi connectivity index (χ0v) is 31.2. The van der Waals surface area contributed by atoms with Crippen LogP contribution in [0.1, 0.15) is 42.1 Å². The Morgan fingerprint density at radius 2 is 1.56 bits per heavy atom. The van der Waals surface area contributed by atoms with Crippen LogP contribution < -0.4 is 14.8 Å². The van der Waals surface area contributed by atoms with Crippen molar-refractivity contribution in [2.45, 2.75) is 26.5 Å². The van der Waals surface area contributed by atoms with E-state index in [2.05, 4.69) is 32.8 Å². The van der Waals surface area contributed by atoms with Crippen LogP contribution in [0.2, 0.25) is 0 Å². The van der Waals surface area contributed by atoms with Crippen molar-refractivity contribution in [2.24, 2.45) is 4.99 Å². The molecule has 0 atom stereocenters. The zero-order chi connectivity index (χ0) is 36.9. The second-order valence-corrected chi connectivity index (χ2v) is 13.1. The summed E-state index contributed by atoms with van der Waals surface area (Å²) in [6.45, 7) is 8.08. The Morgan fingerprint density at radius 3 is 2.15 bits per heavy atom. The molecule has 0 spiro atoms. The van der Waals surface area contributed by atoms with E-state index in [-0.39, 0.29) is 22.4 Å². The van der Waals surface area contributed by atoms with Gasteiger partial charge in [-0.25, -0.2) is 0 Å². The lowest BCUT2D eigenvalue weighted by Crippen LogP contribution is -2.42. The minimum Gasteiger partial charge on any atom is -0.490 e. The minimum absolute atomic E-state index is 0.0822. The molecule has 0 saturated heterocycles. The molecule has 0 aliphatic carbocycles. The number of carbonyl (C=O) groups excluding carboxylic acids is 3. The van der Waals surface area contributed by atoms with Gasteiger partial charge >= 0.3 is 0 Å². The predicted molar refractivity (Wildman–Crippen MR) is 212 cm³/mol. The number of halogens is 1. The van der Waals surface area contributed by atoms with E-state index in [0.717, 1.165) is 28.5 Å². The number of amidine groups is 1. The molecule has 0 fully saturated rings. The van der Waals surface area contributed by atoms with Crippen molar-refractivity contribution in [3.8, 4) is 11.5 Å². The topological polar surface area (TPSA) is 97.3 Å². The maximum atomic E-state index is 14.2. The second-order valence-electron chi connectivity index (χ2n) is 11.3. The largest absolute Gasteiger partial charge is 0.490 e. The first kappa shape index (κ1) is 37.8. The average molecular weight is 777 g/mol. The molecule has 5 rings (SSSR count). The van der Waals surface area contributed by atoms with Crippen LogP contribution in [0.25, 0.3) is 6.08 Å². The highest BCUT2D eigenvalue weighted by Gasteiger charge is 2.35. The number of ether oxygens (including phenoxy) is 2. The summed E-state index contributed by atoms with van der Waals surface area (Å²) in [5.41, 5.74) is 3.66. The SMILES string of the molecule is C=C/C=C\C(=C/C)N1C(=O)/C(=C/c2cc(OCC)c(OCc3ccccc3)cc2Br)C(=O)N=C1SCC(=O)NC(c1ccccc1)c1ccccc1. The van der Waals surface area contributed by atoms with Gasteiger partial charge in [-0.05, 0) is 60.4 Å². The molecule has 8 nitrogen and oxygen atoms in total. The summed E-state index contributed by atoms with van der Waals surface area (Å²) in [4.78, 5) is 46.9. The molecular formula is C42H38BrN3O5S. The van der Waals surface area contributed by atoms with Crippen molar-refractivity contribution in [2.75, 3.05) is 12.4 Å². The number of benzene rings is 4. The number of thioether (sulfide) groups is 1. The molecule has 1 aliphatic heterocycles. The summed E-state index contributed by atoms with van der Waals surface area (Å²) in [6, 6.07) is 32.2. The summed E-state index contributed by atoms with van der Waals surface area (Å²) in [5.74, 6) is -0.749. The van der Waals surface area contributed by atoms with Crippen LogP contribution in [0.5, 0.6) is 11.5 Å². The van der Waals surface area contributed by atoms with Crippen LogP contribution in [0.15, 0.2) is 155 Å². The van der Waals surface area contributed by atoms with Gasteiger partial charge in [-0.1, -0.05) is 143 Å². The smallest absolute Gasteiger partial charge is 0.285 e. The van der Waals surface area contributed by atoms with Crippen molar-refractivity contribution >= 4 is 56.7 Å². The van der Waals surface area contributed by atoms with Crippen LogP contribution in [0.3, 0.4) is 0 Å². The number of nitrogens with zero attached hydrogens (tertiary/aromatic N) is 2. The molecule has 0 bridgehead atoms. The standard InChI is InChI=1S/C42H38BrN3O5S/c1-4-7-23-33(5-2)46-41(49)34(24-32-25-36(50-6-3)37(26-35(32)43)51-27-29-17-11-8-12-18-29)40(48)45-42(46)52-28-38(47)44-39(30-19-13-9-14-20-30)31-21-15-10-16-22-31/h4-5,7-26,39H,1,6,27-28H2,2-3H3,(H,44,47)/b23-7-,33-5+,34-24+. The van der Waals surface area contributed by atoms with E-state index in [1.54, 1.807) is 43.4 Å². The number of hydrogen-bond donors (Lipinski definition) is 1. The van der Waals surface area contributed by atoms with Crippen molar-refractivity contribution < 1.29 is 23.9 Å². The third-order valence-corrected chi connectivity index (χ3v) is 9.44. The molecule has 0 radical (unpaired) electrons. The first-order valence-corrected chi connectivity index (χ1v) is 18.4. The van der Waals surface area contributed by atoms with Gasteiger partial charge in [0.05, 0.1) is 18.4 Å². The molecular weight excluding hydrogens is 738 g/mol. The normalized spacial score (nSPS) is 14.2. The molecule has 0 saturated carbocycles. The van der Waals surface area contributed by atoms with Gasteiger partial charge in [-0.3, -0.25) is 19.3 Å². The van der Waals surface area contributed by atoms with E-state index >= 15 is 0 Å². The maximum absolute atomic E-state index is 14.2. The fourth-order valence-electron chi connectivity index (χ4n) is 5.33. The van der Waals surface area contributed by atoms with Gasteiger partial charge in [0.2, 0.25) is 5.91 Å². The number of aliphatic imine (C=N–C) groups is 1. The lowest BCUT2D eigenvalue weighted by atomic mass is 9.99. The molecule has 0 aromatic heterocycles. The van der Waals surface area contributed by atoms with Gasteiger partial charge < -0.3 is 14.8 Å². The first-order chi connectivity index (χ1) is 25.3. The number of amides is 3. The molecule has 0 unspecified atom stereocenters. The molecule has 52 heavy (non-hydrogen) atoms. The lowest BCUT2D eigenvalue weighted by Gasteiger charge is -2.28. The van der Waals surface area contributed by atoms with Gasteiger partial charge in [0, 0.05) is 10.2 Å². The second kappa shape index (κ2) is 18.7. The van der Waals surface area contributed by atoms with E-state index in [9.17, 15) is 14.4 Å². The Labute approximate surface area is 316 Å². The predicted octanol–water partition coefficient (Wildman–Crippen LogP) is 8.82. The van der Waals surface area contributed by atoms with Crippen molar-refractivity contribution in [3.63, 3.8) is 0 Å². The van der Waals surface area contributed by atoms with E-state index in [1.165, 1.54) is 11.0 Å². The fourth-order valence-corrected chi connectivity index (χ4v) is 6.57. The third-order valence-electron chi connectivity index (χ3n) is 7.81. The molecule has 1 aliphatic rings. The molecule has 4 aromatic carbocycles. The Kier molecular flexibility index (Phi) is 13.6. The summed E-state index contributed by atoms with van der Waals surface area (Å²) >= 11 is 4.59. The molecule has 264 valence electrons. The van der Waals surface area contributed by atoms with E-state index < -0.39 is 17.9 Å². The highest BCUT2D eigenvalue weighted by Crippen LogP contribution is 2.36. The van der Waals surface area contributed by atoms with Gasteiger partial charge in [-0.15, -0.1) is 0 Å². The van der Waals surface area contributed by atoms with Crippen LogP contribution in [-0.2, 0) is 21.0 Å². The van der Waals surface area contributed by atoms with Crippen molar-refractivity contribution in [1.82, 2.24) is 10.2 Å². The highest BCUT2D eigenvalue weighted by molar-refractivity contribution is 9.10. The fraction of sp³-hybridized carbons (Fsp3) is 0.143. The van der Waals surface area contributed by atoms with Gasteiger partial charge in [-0.2, -0.15) is 4.99 Å². The summed E-state index contributed by atoms with van der Waals surface area (Å²) < 4.78 is 12.6. The molecule has 3 amide bonds. The van der Waals surface area contributed by atoms with Crippen LogP contribution in [0, 0.1) is 0 Å². The van der Waals surface area contributed by atoms with Crippen LogP contribution >= 0.6 is 27.7 Å². The van der Waals surface area contributed by atoms with Crippen LogP contribution in [0.4, 0.5) is 0 Å². The Balaban J connectivity index is 1.42. The number of hydrogen-bond acceptors (Lipinski definition) is 6. The van der Waals surface area contributed by atoms with Crippen molar-refractivity contribution in [1.29, 1.82) is 0 Å². The average Bonchev–Trinajstić information content (AvgIpc) is 3.17. The molecule has 1 heterocycles. The molecule has 10 heteroatoms. The number of carbonyl (C=O) groups is 3. The van der Waals surface area contributed by atoms with Gasteiger partial charge in [0.15, 0.2) is 16.7 Å². The minimum atomic E-state index is -0.729. The highest BCUT2D eigenvalue weighted by atomic mass is 79.9. The lowest BCUT2D eigenvalue weighted by molar-refractivity contribution is -0.126. The zero-order valence-electron chi connectivity index (χ0n) is 28.8. The van der Waals surface area contributed by atoms with E-state index in [0.29, 0.717) is 40.4 Å². The van der Waals surface area contributed by atoms with Crippen molar-refractivity contribution in [3.05, 3.63) is 172 Å². The monoisotopic (exact) mass is 775 g/mol. The number of rotatable bonds is 14. The Hall–Kier alpha value is -5.45. The van der Waals surface area contributed by atoms with E-state index in [1.807, 2.05) is 97.9 Å².